The molecule has 0 amide bonds. The van der Waals surface area contributed by atoms with Crippen LogP contribution < -0.4 is 4.90 Å². The van der Waals surface area contributed by atoms with Crippen LogP contribution in [0.2, 0.25) is 0 Å². The maximum Gasteiger partial charge on any atom is 0.0682 e. The predicted octanol–water partition coefficient (Wildman–Crippen LogP) is 4.33. The van der Waals surface area contributed by atoms with E-state index in [1.807, 2.05) is 25.2 Å². The summed E-state index contributed by atoms with van der Waals surface area (Å²) >= 11 is 3.57. The van der Waals surface area contributed by atoms with Crippen LogP contribution in [0.5, 0.6) is 0 Å². The van der Waals surface area contributed by atoms with Crippen LogP contribution in [0.15, 0.2) is 40.9 Å². The van der Waals surface area contributed by atoms with E-state index in [-0.39, 0.29) is 6.61 Å². The summed E-state index contributed by atoms with van der Waals surface area (Å²) < 4.78 is 0.987. The largest absolute Gasteiger partial charge is 0.392 e. The molecule has 0 radical (unpaired) electrons. The van der Waals surface area contributed by atoms with Crippen LogP contribution in [0.3, 0.4) is 0 Å². The SMILES string of the molecule is Cc1cc(C)cc(N(C)c2ccc(CO)cc2Br)c1. The zero-order valence-corrected chi connectivity index (χ0v) is 13.0. The topological polar surface area (TPSA) is 23.5 Å². The molecule has 0 spiro atoms. The van der Waals surface area contributed by atoms with E-state index in [4.69, 9.17) is 5.11 Å². The first-order valence-electron chi connectivity index (χ1n) is 6.22. The Kier molecular flexibility index (Phi) is 4.27. The molecule has 2 aromatic carbocycles. The number of benzene rings is 2. The van der Waals surface area contributed by atoms with Gasteiger partial charge < -0.3 is 10.0 Å². The van der Waals surface area contributed by atoms with Crippen LogP contribution in [0.25, 0.3) is 0 Å². The average molecular weight is 320 g/mol. The number of nitrogens with zero attached hydrogens (tertiary/aromatic N) is 1. The molecule has 100 valence electrons. The Morgan fingerprint density at radius 3 is 2.21 bits per heavy atom. The summed E-state index contributed by atoms with van der Waals surface area (Å²) in [6.07, 6.45) is 0. The summed E-state index contributed by atoms with van der Waals surface area (Å²) in [5.74, 6) is 0. The van der Waals surface area contributed by atoms with E-state index in [1.54, 1.807) is 0 Å². The molecule has 0 aliphatic carbocycles. The fraction of sp³-hybridized carbons (Fsp3) is 0.250. The number of rotatable bonds is 3. The van der Waals surface area contributed by atoms with E-state index < -0.39 is 0 Å². The molecular weight excluding hydrogens is 302 g/mol. The molecule has 1 N–H and O–H groups in total. The van der Waals surface area contributed by atoms with Crippen molar-refractivity contribution in [2.45, 2.75) is 20.5 Å². The summed E-state index contributed by atoms with van der Waals surface area (Å²) in [6.45, 7) is 4.27. The maximum atomic E-state index is 9.15. The Balaban J connectivity index is 2.40. The van der Waals surface area contributed by atoms with Crippen LogP contribution in [-0.2, 0) is 6.61 Å². The summed E-state index contributed by atoms with van der Waals surface area (Å²) in [4.78, 5) is 2.14. The molecule has 3 heteroatoms. The third-order valence-corrected chi connectivity index (χ3v) is 3.78. The molecule has 0 aliphatic heterocycles. The molecule has 0 aromatic heterocycles. The fourth-order valence-electron chi connectivity index (χ4n) is 2.20. The van der Waals surface area contributed by atoms with Crippen LogP contribution in [-0.4, -0.2) is 12.2 Å². The Morgan fingerprint density at radius 2 is 1.68 bits per heavy atom. The van der Waals surface area contributed by atoms with E-state index in [0.29, 0.717) is 0 Å². The van der Waals surface area contributed by atoms with Crippen molar-refractivity contribution in [3.63, 3.8) is 0 Å². The zero-order valence-electron chi connectivity index (χ0n) is 11.4. The molecule has 0 saturated heterocycles. The lowest BCUT2D eigenvalue weighted by molar-refractivity contribution is 0.282. The van der Waals surface area contributed by atoms with Crippen molar-refractivity contribution in [1.29, 1.82) is 0 Å². The van der Waals surface area contributed by atoms with Gasteiger partial charge >= 0.3 is 0 Å². The monoisotopic (exact) mass is 319 g/mol. The van der Waals surface area contributed by atoms with Crippen molar-refractivity contribution < 1.29 is 5.11 Å². The Morgan fingerprint density at radius 1 is 1.05 bits per heavy atom. The van der Waals surface area contributed by atoms with Gasteiger partial charge in [-0.05, 0) is 70.7 Å². The lowest BCUT2D eigenvalue weighted by Gasteiger charge is -2.22. The van der Waals surface area contributed by atoms with Gasteiger partial charge in [0.05, 0.1) is 12.3 Å². The third kappa shape index (κ3) is 3.17. The highest BCUT2D eigenvalue weighted by Gasteiger charge is 2.09. The van der Waals surface area contributed by atoms with Crippen LogP contribution in [0, 0.1) is 13.8 Å². The van der Waals surface area contributed by atoms with Crippen molar-refractivity contribution in [2.24, 2.45) is 0 Å². The first kappa shape index (κ1) is 14.1. The van der Waals surface area contributed by atoms with Gasteiger partial charge in [0, 0.05) is 17.2 Å². The van der Waals surface area contributed by atoms with Crippen LogP contribution >= 0.6 is 15.9 Å². The van der Waals surface area contributed by atoms with Gasteiger partial charge in [-0.2, -0.15) is 0 Å². The number of halogens is 1. The molecule has 0 heterocycles. The first-order chi connectivity index (χ1) is 9.01. The second-order valence-electron chi connectivity index (χ2n) is 4.85. The minimum Gasteiger partial charge on any atom is -0.392 e. The molecule has 2 aromatic rings. The Labute approximate surface area is 122 Å². The van der Waals surface area contributed by atoms with E-state index in [0.717, 1.165) is 21.4 Å². The van der Waals surface area contributed by atoms with E-state index >= 15 is 0 Å². The Bertz CT molecular complexity index is 575. The third-order valence-electron chi connectivity index (χ3n) is 3.15. The summed E-state index contributed by atoms with van der Waals surface area (Å²) in [6, 6.07) is 12.4. The first-order valence-corrected chi connectivity index (χ1v) is 7.02. The normalized spacial score (nSPS) is 10.6. The van der Waals surface area contributed by atoms with Gasteiger partial charge in [0.1, 0.15) is 0 Å². The van der Waals surface area contributed by atoms with E-state index in [2.05, 4.69) is 52.9 Å². The number of hydrogen-bond acceptors (Lipinski definition) is 2. The van der Waals surface area contributed by atoms with Crippen molar-refractivity contribution in [3.05, 3.63) is 57.6 Å². The standard InChI is InChI=1S/C16H18BrNO/c1-11-6-12(2)8-14(7-11)18(3)16-5-4-13(10-19)9-15(16)17/h4-9,19H,10H2,1-3H3. The van der Waals surface area contributed by atoms with Crippen LogP contribution in [0.4, 0.5) is 11.4 Å². The second-order valence-corrected chi connectivity index (χ2v) is 5.70. The molecule has 0 atom stereocenters. The average Bonchev–Trinajstić information content (AvgIpc) is 2.36. The summed E-state index contributed by atoms with van der Waals surface area (Å²) in [5.41, 5.74) is 5.66. The highest BCUT2D eigenvalue weighted by atomic mass is 79.9. The molecule has 0 fully saturated rings. The van der Waals surface area contributed by atoms with Gasteiger partial charge in [-0.3, -0.25) is 0 Å². The Hall–Kier alpha value is -1.32. The van der Waals surface area contributed by atoms with Gasteiger partial charge in [-0.25, -0.2) is 0 Å². The lowest BCUT2D eigenvalue weighted by Crippen LogP contribution is -2.10. The highest BCUT2D eigenvalue weighted by Crippen LogP contribution is 2.32. The van der Waals surface area contributed by atoms with Crippen molar-refractivity contribution >= 4 is 27.3 Å². The van der Waals surface area contributed by atoms with Crippen molar-refractivity contribution in [3.8, 4) is 0 Å². The molecule has 0 aliphatic rings. The second kappa shape index (κ2) is 5.76. The number of hydrogen-bond donors (Lipinski definition) is 1. The molecule has 19 heavy (non-hydrogen) atoms. The molecule has 2 rings (SSSR count). The minimum absolute atomic E-state index is 0.0617. The van der Waals surface area contributed by atoms with Gasteiger partial charge in [0.2, 0.25) is 0 Å². The quantitative estimate of drug-likeness (QED) is 0.910. The fourth-order valence-corrected chi connectivity index (χ4v) is 2.90. The molecule has 0 saturated carbocycles. The van der Waals surface area contributed by atoms with Gasteiger partial charge in [-0.15, -0.1) is 0 Å². The van der Waals surface area contributed by atoms with Gasteiger partial charge in [0.15, 0.2) is 0 Å². The zero-order chi connectivity index (χ0) is 14.0. The van der Waals surface area contributed by atoms with Gasteiger partial charge in [-0.1, -0.05) is 12.1 Å². The number of aliphatic hydroxyl groups is 1. The van der Waals surface area contributed by atoms with E-state index in [9.17, 15) is 0 Å². The molecule has 0 unspecified atom stereocenters. The summed E-state index contributed by atoms with van der Waals surface area (Å²) in [7, 11) is 2.05. The molecule has 0 bridgehead atoms. The smallest absolute Gasteiger partial charge is 0.0682 e. The van der Waals surface area contributed by atoms with Crippen molar-refractivity contribution in [1.82, 2.24) is 0 Å². The predicted molar refractivity (Wildman–Crippen MR) is 84.0 cm³/mol. The lowest BCUT2D eigenvalue weighted by atomic mass is 10.1. The molecular formula is C16H18BrNO. The number of aryl methyl sites for hydroxylation is 2. The highest BCUT2D eigenvalue weighted by molar-refractivity contribution is 9.10. The minimum atomic E-state index is 0.0617. The maximum absolute atomic E-state index is 9.15. The van der Waals surface area contributed by atoms with Crippen LogP contribution in [0.1, 0.15) is 16.7 Å². The molecule has 2 nitrogen and oxygen atoms in total. The number of anilines is 2. The van der Waals surface area contributed by atoms with Gasteiger partial charge in [0.25, 0.3) is 0 Å². The van der Waals surface area contributed by atoms with E-state index in [1.165, 1.54) is 11.1 Å². The van der Waals surface area contributed by atoms with Crippen molar-refractivity contribution in [2.75, 3.05) is 11.9 Å². The number of aliphatic hydroxyl groups excluding tert-OH is 1. The summed E-state index contributed by atoms with van der Waals surface area (Å²) in [5, 5.41) is 9.15.